The Hall–Kier alpha value is -2.04. The summed E-state index contributed by atoms with van der Waals surface area (Å²) in [5.74, 6) is 4.08. The van der Waals surface area contributed by atoms with Crippen molar-refractivity contribution in [1.82, 2.24) is 9.47 Å². The Balaban J connectivity index is 1.64. The smallest absolute Gasteiger partial charge is 0.258 e. The van der Waals surface area contributed by atoms with Gasteiger partial charge < -0.3 is 9.47 Å². The number of benzene rings is 1. The molecule has 2 aromatic rings. The van der Waals surface area contributed by atoms with Crippen molar-refractivity contribution >= 4 is 45.1 Å². The molecule has 1 aromatic heterocycles. The summed E-state index contributed by atoms with van der Waals surface area (Å²) in [4.78, 5) is 31.7. The first-order chi connectivity index (χ1) is 13.9. The molecule has 7 heteroatoms. The fourth-order valence-corrected chi connectivity index (χ4v) is 5.68. The highest BCUT2D eigenvalue weighted by Crippen LogP contribution is 2.22. The summed E-state index contributed by atoms with van der Waals surface area (Å²) in [5.41, 5.74) is 2.14. The second kappa shape index (κ2) is 9.64. The number of likely N-dealkylation sites (tertiary alicyclic amines) is 1. The van der Waals surface area contributed by atoms with Crippen LogP contribution in [0, 0.1) is 31.1 Å². The Bertz CT molecular complexity index is 1010. The summed E-state index contributed by atoms with van der Waals surface area (Å²) in [6.07, 6.45) is 6.67. The van der Waals surface area contributed by atoms with Gasteiger partial charge in [-0.2, -0.15) is 4.99 Å². The van der Waals surface area contributed by atoms with Crippen LogP contribution < -0.4 is 4.80 Å². The lowest BCUT2D eigenvalue weighted by molar-refractivity contribution is -0.130. The SMILES string of the molecule is C#CCn1c(=NC(=O)CSCC(=O)N2CC(C)CC(C)C2)sc2cc(C)ccc21. The van der Waals surface area contributed by atoms with E-state index in [1.54, 1.807) is 0 Å². The number of thiazole rings is 1. The number of terminal acetylenes is 1. The van der Waals surface area contributed by atoms with Crippen molar-refractivity contribution < 1.29 is 9.59 Å². The predicted molar refractivity (Wildman–Crippen MR) is 121 cm³/mol. The second-order valence-corrected chi connectivity index (χ2v) is 9.88. The molecule has 29 heavy (non-hydrogen) atoms. The Kier molecular flexibility index (Phi) is 7.20. The maximum atomic E-state index is 12.5. The molecule has 1 aliphatic rings. The van der Waals surface area contributed by atoms with Gasteiger partial charge in [0, 0.05) is 13.1 Å². The van der Waals surface area contributed by atoms with Crippen molar-refractivity contribution in [2.24, 2.45) is 16.8 Å². The van der Waals surface area contributed by atoms with E-state index >= 15 is 0 Å². The van der Waals surface area contributed by atoms with E-state index in [0.29, 0.717) is 28.9 Å². The molecule has 2 heterocycles. The summed E-state index contributed by atoms with van der Waals surface area (Å²) >= 11 is 2.80. The minimum Gasteiger partial charge on any atom is -0.341 e. The summed E-state index contributed by atoms with van der Waals surface area (Å²) < 4.78 is 2.95. The zero-order valence-electron chi connectivity index (χ0n) is 17.2. The number of hydrogen-bond acceptors (Lipinski definition) is 4. The number of carbonyl (C=O) groups is 2. The van der Waals surface area contributed by atoms with Crippen molar-refractivity contribution in [3.8, 4) is 12.3 Å². The van der Waals surface area contributed by atoms with Gasteiger partial charge in [0.1, 0.15) is 0 Å². The second-order valence-electron chi connectivity index (χ2n) is 7.89. The Morgan fingerprint density at radius 1 is 1.28 bits per heavy atom. The zero-order chi connectivity index (χ0) is 21.0. The third-order valence-electron chi connectivity index (χ3n) is 4.98. The van der Waals surface area contributed by atoms with E-state index in [1.165, 1.54) is 29.5 Å². The monoisotopic (exact) mass is 429 g/mol. The number of fused-ring (bicyclic) bond motifs is 1. The van der Waals surface area contributed by atoms with Gasteiger partial charge >= 0.3 is 0 Å². The number of carbonyl (C=O) groups excluding carboxylic acids is 2. The van der Waals surface area contributed by atoms with E-state index in [4.69, 9.17) is 6.42 Å². The molecule has 1 fully saturated rings. The Morgan fingerprint density at radius 3 is 2.69 bits per heavy atom. The van der Waals surface area contributed by atoms with Crippen molar-refractivity contribution in [3.63, 3.8) is 0 Å². The fraction of sp³-hybridized carbons (Fsp3) is 0.500. The molecule has 0 bridgehead atoms. The number of rotatable bonds is 5. The largest absolute Gasteiger partial charge is 0.341 e. The molecule has 1 aliphatic heterocycles. The van der Waals surface area contributed by atoms with Crippen LogP contribution in [-0.4, -0.2) is 45.9 Å². The molecule has 0 aliphatic carbocycles. The number of piperidine rings is 1. The molecule has 2 atom stereocenters. The van der Waals surface area contributed by atoms with Gasteiger partial charge in [0.25, 0.3) is 5.91 Å². The number of hydrogen-bond donors (Lipinski definition) is 0. The maximum absolute atomic E-state index is 12.5. The molecule has 0 spiro atoms. The number of nitrogens with zero attached hydrogens (tertiary/aromatic N) is 3. The van der Waals surface area contributed by atoms with Gasteiger partial charge in [-0.1, -0.05) is 37.2 Å². The van der Waals surface area contributed by atoms with Crippen molar-refractivity contribution in [3.05, 3.63) is 28.6 Å². The first-order valence-corrected chi connectivity index (χ1v) is 11.8. The van der Waals surface area contributed by atoms with Crippen LogP contribution in [0.25, 0.3) is 10.2 Å². The lowest BCUT2D eigenvalue weighted by Crippen LogP contribution is -2.43. The lowest BCUT2D eigenvalue weighted by atomic mass is 9.92. The first-order valence-electron chi connectivity index (χ1n) is 9.84. The van der Waals surface area contributed by atoms with Crippen LogP contribution in [0.5, 0.6) is 0 Å². The van der Waals surface area contributed by atoms with Crippen LogP contribution in [0.4, 0.5) is 0 Å². The molecule has 0 saturated carbocycles. The molecule has 5 nitrogen and oxygen atoms in total. The van der Waals surface area contributed by atoms with Crippen molar-refractivity contribution in [1.29, 1.82) is 0 Å². The highest BCUT2D eigenvalue weighted by molar-refractivity contribution is 8.00. The lowest BCUT2D eigenvalue weighted by Gasteiger charge is -2.35. The van der Waals surface area contributed by atoms with E-state index in [-0.39, 0.29) is 17.6 Å². The molecular formula is C22H27N3O2S2. The van der Waals surface area contributed by atoms with E-state index in [0.717, 1.165) is 28.9 Å². The maximum Gasteiger partial charge on any atom is 0.258 e. The summed E-state index contributed by atoms with van der Waals surface area (Å²) in [7, 11) is 0. The molecule has 1 saturated heterocycles. The van der Waals surface area contributed by atoms with Crippen molar-refractivity contribution in [2.45, 2.75) is 33.7 Å². The van der Waals surface area contributed by atoms with Crippen LogP contribution in [-0.2, 0) is 16.1 Å². The Labute approximate surface area is 180 Å². The number of aromatic nitrogens is 1. The fourth-order valence-electron chi connectivity index (χ4n) is 3.83. The van der Waals surface area contributed by atoms with E-state index in [9.17, 15) is 9.59 Å². The number of aryl methyl sites for hydroxylation is 1. The first kappa shape index (κ1) is 21.7. The molecule has 3 rings (SSSR count). The van der Waals surface area contributed by atoms with Gasteiger partial charge in [-0.15, -0.1) is 18.2 Å². The van der Waals surface area contributed by atoms with Gasteiger partial charge in [0.2, 0.25) is 5.91 Å². The van der Waals surface area contributed by atoms with Crippen LogP contribution in [0.1, 0.15) is 25.8 Å². The standard InChI is InChI=1S/C22H27N3O2S2/c1-5-8-25-18-7-6-15(2)10-19(18)29-22(25)23-20(26)13-28-14-21(27)24-11-16(3)9-17(4)12-24/h1,6-7,10,16-17H,8-9,11-14H2,2-4H3. The third kappa shape index (κ3) is 5.52. The third-order valence-corrected chi connectivity index (χ3v) is 6.92. The van der Waals surface area contributed by atoms with E-state index < -0.39 is 0 Å². The van der Waals surface area contributed by atoms with Gasteiger partial charge in [-0.3, -0.25) is 9.59 Å². The highest BCUT2D eigenvalue weighted by atomic mass is 32.2. The summed E-state index contributed by atoms with van der Waals surface area (Å²) in [6.45, 7) is 8.40. The molecule has 1 aromatic carbocycles. The van der Waals surface area contributed by atoms with Crippen LogP contribution in [0.2, 0.25) is 0 Å². The normalized spacial score (nSPS) is 20.1. The van der Waals surface area contributed by atoms with Crippen molar-refractivity contribution in [2.75, 3.05) is 24.6 Å². The van der Waals surface area contributed by atoms with Crippen LogP contribution in [0.15, 0.2) is 23.2 Å². The number of thioether (sulfide) groups is 1. The van der Waals surface area contributed by atoms with Gasteiger partial charge in [0.15, 0.2) is 4.80 Å². The molecule has 2 unspecified atom stereocenters. The minimum absolute atomic E-state index is 0.112. The molecule has 154 valence electrons. The molecule has 0 radical (unpaired) electrons. The minimum atomic E-state index is -0.239. The average Bonchev–Trinajstić information content (AvgIpc) is 2.97. The van der Waals surface area contributed by atoms with Crippen LogP contribution >= 0.6 is 23.1 Å². The highest BCUT2D eigenvalue weighted by Gasteiger charge is 2.25. The summed E-state index contributed by atoms with van der Waals surface area (Å²) in [5, 5.41) is 0. The van der Waals surface area contributed by atoms with Gasteiger partial charge in [-0.25, -0.2) is 0 Å². The topological polar surface area (TPSA) is 54.7 Å². The zero-order valence-corrected chi connectivity index (χ0v) is 18.8. The number of amides is 2. The average molecular weight is 430 g/mol. The van der Waals surface area contributed by atoms with Crippen LogP contribution in [0.3, 0.4) is 0 Å². The Morgan fingerprint density at radius 2 is 2.00 bits per heavy atom. The van der Waals surface area contributed by atoms with E-state index in [2.05, 4.69) is 30.8 Å². The molecular weight excluding hydrogens is 402 g/mol. The predicted octanol–water partition coefficient (Wildman–Crippen LogP) is 3.31. The van der Waals surface area contributed by atoms with E-state index in [1.807, 2.05) is 28.5 Å². The molecule has 0 N–H and O–H groups in total. The quantitative estimate of drug-likeness (QED) is 0.685. The molecule has 2 amide bonds. The summed E-state index contributed by atoms with van der Waals surface area (Å²) in [6, 6.07) is 6.11. The van der Waals surface area contributed by atoms with Gasteiger partial charge in [-0.05, 0) is 42.9 Å². The van der Waals surface area contributed by atoms with Gasteiger partial charge in [0.05, 0.1) is 28.3 Å².